The van der Waals surface area contributed by atoms with E-state index in [1.807, 2.05) is 13.8 Å². The Kier molecular flexibility index (Phi) is 6.35. The van der Waals surface area contributed by atoms with E-state index in [-0.39, 0.29) is 18.0 Å². The van der Waals surface area contributed by atoms with Crippen molar-refractivity contribution < 1.29 is 9.53 Å². The summed E-state index contributed by atoms with van der Waals surface area (Å²) >= 11 is 0. The zero-order valence-electron chi connectivity index (χ0n) is 13.6. The molecule has 0 heterocycles. The van der Waals surface area contributed by atoms with Gasteiger partial charge in [0.05, 0.1) is 5.92 Å². The largest absolute Gasteiger partial charge is 0.462 e. The van der Waals surface area contributed by atoms with Crippen LogP contribution >= 0.6 is 0 Å². The van der Waals surface area contributed by atoms with E-state index < -0.39 is 0 Å². The highest BCUT2D eigenvalue weighted by molar-refractivity contribution is 5.72. The van der Waals surface area contributed by atoms with Gasteiger partial charge in [-0.05, 0) is 49.4 Å². The van der Waals surface area contributed by atoms with Crippen LogP contribution in [0, 0.1) is 29.6 Å². The summed E-state index contributed by atoms with van der Waals surface area (Å²) in [6, 6.07) is 0. The van der Waals surface area contributed by atoms with Gasteiger partial charge in [0.15, 0.2) is 0 Å². The quantitative estimate of drug-likeness (QED) is 0.677. The Morgan fingerprint density at radius 3 is 1.84 bits per heavy atom. The molecule has 2 nitrogen and oxygen atoms in total. The third-order valence-corrected chi connectivity index (χ3v) is 4.92. The fourth-order valence-corrected chi connectivity index (χ4v) is 2.98. The molecule has 1 aliphatic rings. The molecule has 0 aliphatic heterocycles. The van der Waals surface area contributed by atoms with Crippen molar-refractivity contribution in [2.24, 2.45) is 29.6 Å². The second-order valence-corrected chi connectivity index (χ2v) is 7.08. The van der Waals surface area contributed by atoms with Gasteiger partial charge < -0.3 is 4.74 Å². The normalized spacial score (nSPS) is 29.6. The van der Waals surface area contributed by atoms with Crippen LogP contribution in [0.4, 0.5) is 0 Å². The Balaban J connectivity index is 2.63. The van der Waals surface area contributed by atoms with E-state index in [0.29, 0.717) is 23.7 Å². The monoisotopic (exact) mass is 268 g/mol. The van der Waals surface area contributed by atoms with Crippen molar-refractivity contribution in [3.8, 4) is 0 Å². The summed E-state index contributed by atoms with van der Waals surface area (Å²) in [6.07, 6.45) is 4.43. The van der Waals surface area contributed by atoms with Crippen molar-refractivity contribution >= 4 is 5.97 Å². The molecule has 0 amide bonds. The molecule has 3 unspecified atom stereocenters. The molecule has 0 aromatic rings. The third-order valence-electron chi connectivity index (χ3n) is 4.92. The fourth-order valence-electron chi connectivity index (χ4n) is 2.98. The van der Waals surface area contributed by atoms with Gasteiger partial charge in [-0.2, -0.15) is 0 Å². The minimum Gasteiger partial charge on any atom is -0.462 e. The lowest BCUT2D eigenvalue weighted by molar-refractivity contribution is -0.157. The first kappa shape index (κ1) is 16.5. The van der Waals surface area contributed by atoms with Crippen LogP contribution < -0.4 is 0 Å². The van der Waals surface area contributed by atoms with Gasteiger partial charge in [0, 0.05) is 0 Å². The molecule has 0 bridgehead atoms. The van der Waals surface area contributed by atoms with Gasteiger partial charge in [-0.3, -0.25) is 4.79 Å². The highest BCUT2D eigenvalue weighted by Gasteiger charge is 2.34. The van der Waals surface area contributed by atoms with E-state index in [0.717, 1.165) is 19.3 Å². The lowest BCUT2D eigenvalue weighted by atomic mass is 9.71. The molecule has 0 N–H and O–H groups in total. The third kappa shape index (κ3) is 4.81. The van der Waals surface area contributed by atoms with Crippen LogP contribution in [0.2, 0.25) is 0 Å². The average Bonchev–Trinajstić information content (AvgIpc) is 2.37. The number of carbonyl (C=O) groups excluding carboxylic acids is 1. The van der Waals surface area contributed by atoms with Crippen LogP contribution in [0.1, 0.15) is 67.2 Å². The predicted molar refractivity (Wildman–Crippen MR) is 79.8 cm³/mol. The molecule has 1 rings (SSSR count). The highest BCUT2D eigenvalue weighted by atomic mass is 16.5. The van der Waals surface area contributed by atoms with Gasteiger partial charge in [-0.25, -0.2) is 0 Å². The molecule has 0 aromatic carbocycles. The summed E-state index contributed by atoms with van der Waals surface area (Å²) in [4.78, 5) is 12.0. The smallest absolute Gasteiger partial charge is 0.308 e. The Morgan fingerprint density at radius 1 is 1.00 bits per heavy atom. The lowest BCUT2D eigenvalue weighted by Crippen LogP contribution is -2.35. The van der Waals surface area contributed by atoms with Crippen LogP contribution in [0.15, 0.2) is 0 Å². The minimum atomic E-state index is -0.000544. The summed E-state index contributed by atoms with van der Waals surface area (Å²) < 4.78 is 5.77. The predicted octanol–water partition coefficient (Wildman–Crippen LogP) is 4.67. The first-order valence-corrected chi connectivity index (χ1v) is 8.05. The molecule has 0 aromatic heterocycles. The fraction of sp³-hybridized carbons (Fsp3) is 0.941. The van der Waals surface area contributed by atoms with E-state index in [9.17, 15) is 4.79 Å². The van der Waals surface area contributed by atoms with E-state index in [1.54, 1.807) is 0 Å². The standard InChI is InChI=1S/C17H32O2/c1-7-13(6)17(18)19-16-9-14(11(2)3)8-15(10-16)12(4)5/h11-16H,7-10H2,1-6H3. The van der Waals surface area contributed by atoms with Crippen LogP contribution in [-0.4, -0.2) is 12.1 Å². The molecule has 1 fully saturated rings. The molecule has 0 radical (unpaired) electrons. The van der Waals surface area contributed by atoms with E-state index >= 15 is 0 Å². The van der Waals surface area contributed by atoms with Crippen LogP contribution in [0.25, 0.3) is 0 Å². The lowest BCUT2D eigenvalue weighted by Gasteiger charge is -2.38. The number of hydrogen-bond donors (Lipinski definition) is 0. The summed E-state index contributed by atoms with van der Waals surface area (Å²) in [7, 11) is 0. The van der Waals surface area contributed by atoms with Crippen LogP contribution in [0.5, 0.6) is 0 Å². The molecule has 2 heteroatoms. The van der Waals surface area contributed by atoms with Gasteiger partial charge in [0.25, 0.3) is 0 Å². The van der Waals surface area contributed by atoms with Crippen molar-refractivity contribution in [3.05, 3.63) is 0 Å². The molecule has 1 aliphatic carbocycles. The highest BCUT2D eigenvalue weighted by Crippen LogP contribution is 2.38. The molecule has 112 valence electrons. The molecular formula is C17H32O2. The Bertz CT molecular complexity index is 267. The topological polar surface area (TPSA) is 26.3 Å². The molecule has 0 spiro atoms. The number of ether oxygens (including phenoxy) is 1. The maximum Gasteiger partial charge on any atom is 0.308 e. The molecule has 19 heavy (non-hydrogen) atoms. The van der Waals surface area contributed by atoms with Crippen molar-refractivity contribution in [2.75, 3.05) is 0 Å². The van der Waals surface area contributed by atoms with Crippen molar-refractivity contribution in [2.45, 2.75) is 73.3 Å². The maximum absolute atomic E-state index is 12.0. The summed E-state index contributed by atoms with van der Waals surface area (Å²) in [5.74, 6) is 2.82. The van der Waals surface area contributed by atoms with Crippen molar-refractivity contribution in [3.63, 3.8) is 0 Å². The Labute approximate surface area is 119 Å². The first-order chi connectivity index (χ1) is 8.85. The van der Waals surface area contributed by atoms with E-state index in [4.69, 9.17) is 4.74 Å². The minimum absolute atomic E-state index is 0.000544. The molecular weight excluding hydrogens is 236 g/mol. The summed E-state index contributed by atoms with van der Waals surface area (Å²) in [6.45, 7) is 13.2. The summed E-state index contributed by atoms with van der Waals surface area (Å²) in [5, 5.41) is 0. The van der Waals surface area contributed by atoms with Gasteiger partial charge in [0.2, 0.25) is 0 Å². The summed E-state index contributed by atoms with van der Waals surface area (Å²) in [5.41, 5.74) is 0. The average molecular weight is 268 g/mol. The second-order valence-electron chi connectivity index (χ2n) is 7.08. The van der Waals surface area contributed by atoms with Gasteiger partial charge in [-0.15, -0.1) is 0 Å². The molecule has 3 atom stereocenters. The van der Waals surface area contributed by atoms with Crippen LogP contribution in [0.3, 0.4) is 0 Å². The Hall–Kier alpha value is -0.530. The van der Waals surface area contributed by atoms with E-state index in [2.05, 4.69) is 27.7 Å². The zero-order valence-corrected chi connectivity index (χ0v) is 13.6. The second kappa shape index (κ2) is 7.31. The van der Waals surface area contributed by atoms with Gasteiger partial charge >= 0.3 is 5.97 Å². The first-order valence-electron chi connectivity index (χ1n) is 8.05. The number of rotatable bonds is 5. The number of hydrogen-bond acceptors (Lipinski definition) is 2. The maximum atomic E-state index is 12.0. The van der Waals surface area contributed by atoms with Gasteiger partial charge in [-0.1, -0.05) is 41.5 Å². The van der Waals surface area contributed by atoms with E-state index in [1.165, 1.54) is 6.42 Å². The van der Waals surface area contributed by atoms with Crippen molar-refractivity contribution in [1.82, 2.24) is 0 Å². The number of esters is 1. The molecule has 0 saturated heterocycles. The van der Waals surface area contributed by atoms with Crippen LogP contribution in [-0.2, 0) is 9.53 Å². The number of carbonyl (C=O) groups is 1. The Morgan fingerprint density at radius 2 is 1.47 bits per heavy atom. The van der Waals surface area contributed by atoms with Gasteiger partial charge in [0.1, 0.15) is 6.10 Å². The SMILES string of the molecule is CCC(C)C(=O)OC1CC(C(C)C)CC(C(C)C)C1. The van der Waals surface area contributed by atoms with Crippen molar-refractivity contribution in [1.29, 1.82) is 0 Å². The zero-order chi connectivity index (χ0) is 14.6. The molecule has 1 saturated carbocycles.